The van der Waals surface area contributed by atoms with E-state index in [4.69, 9.17) is 9.84 Å². The molecule has 5 heteroatoms. The van der Waals surface area contributed by atoms with Crippen LogP contribution in [0.5, 0.6) is 11.5 Å². The average molecular weight is 247 g/mol. The van der Waals surface area contributed by atoms with Gasteiger partial charge in [-0.3, -0.25) is 0 Å². The Bertz CT molecular complexity index is 348. The highest BCUT2D eigenvalue weighted by Gasteiger charge is 2.16. The SMILES string of the molecule is COc1c(C(=O)O)ccc(Br)c1O. The molecule has 13 heavy (non-hydrogen) atoms. The number of halogens is 1. The van der Waals surface area contributed by atoms with E-state index in [9.17, 15) is 9.90 Å². The van der Waals surface area contributed by atoms with Crippen LogP contribution >= 0.6 is 15.9 Å². The third kappa shape index (κ3) is 1.75. The number of carboxylic acids is 1. The van der Waals surface area contributed by atoms with Crippen LogP contribution in [0.3, 0.4) is 0 Å². The van der Waals surface area contributed by atoms with Crippen molar-refractivity contribution in [2.75, 3.05) is 7.11 Å². The van der Waals surface area contributed by atoms with Crippen molar-refractivity contribution in [3.63, 3.8) is 0 Å². The van der Waals surface area contributed by atoms with Gasteiger partial charge < -0.3 is 14.9 Å². The first kappa shape index (κ1) is 9.85. The maximum absolute atomic E-state index is 10.6. The minimum Gasteiger partial charge on any atom is -0.503 e. The summed E-state index contributed by atoms with van der Waals surface area (Å²) in [5.74, 6) is -1.39. The van der Waals surface area contributed by atoms with E-state index >= 15 is 0 Å². The lowest BCUT2D eigenvalue weighted by Crippen LogP contribution is -2.00. The van der Waals surface area contributed by atoms with Gasteiger partial charge in [-0.15, -0.1) is 0 Å². The predicted molar refractivity (Wildman–Crippen MR) is 49.3 cm³/mol. The van der Waals surface area contributed by atoms with Crippen molar-refractivity contribution >= 4 is 21.9 Å². The minimum atomic E-state index is -1.14. The largest absolute Gasteiger partial charge is 0.503 e. The van der Waals surface area contributed by atoms with Gasteiger partial charge in [-0.25, -0.2) is 4.79 Å². The van der Waals surface area contributed by atoms with Crippen LogP contribution in [0, 0.1) is 0 Å². The van der Waals surface area contributed by atoms with E-state index in [1.54, 1.807) is 0 Å². The second-order valence-electron chi connectivity index (χ2n) is 2.28. The highest BCUT2D eigenvalue weighted by molar-refractivity contribution is 9.10. The summed E-state index contributed by atoms with van der Waals surface area (Å²) in [4.78, 5) is 10.6. The number of aromatic carboxylic acids is 1. The van der Waals surface area contributed by atoms with Gasteiger partial charge in [0.1, 0.15) is 5.56 Å². The third-order valence-electron chi connectivity index (χ3n) is 1.52. The van der Waals surface area contributed by atoms with Crippen molar-refractivity contribution in [1.82, 2.24) is 0 Å². The van der Waals surface area contributed by atoms with Crippen molar-refractivity contribution in [2.24, 2.45) is 0 Å². The Kier molecular flexibility index (Phi) is 2.77. The Morgan fingerprint density at radius 3 is 2.62 bits per heavy atom. The molecule has 1 aromatic carbocycles. The van der Waals surface area contributed by atoms with Crippen LogP contribution in [0.4, 0.5) is 0 Å². The van der Waals surface area contributed by atoms with Crippen LogP contribution in [0.15, 0.2) is 16.6 Å². The first-order valence-corrected chi connectivity index (χ1v) is 4.16. The molecule has 0 aliphatic heterocycles. The molecule has 0 radical (unpaired) electrons. The van der Waals surface area contributed by atoms with Crippen molar-refractivity contribution in [2.45, 2.75) is 0 Å². The monoisotopic (exact) mass is 246 g/mol. The van der Waals surface area contributed by atoms with Crippen molar-refractivity contribution < 1.29 is 19.7 Å². The molecule has 0 atom stereocenters. The van der Waals surface area contributed by atoms with Gasteiger partial charge in [0.15, 0.2) is 11.5 Å². The van der Waals surface area contributed by atoms with Crippen molar-refractivity contribution in [1.29, 1.82) is 0 Å². The molecule has 0 aromatic heterocycles. The van der Waals surface area contributed by atoms with Gasteiger partial charge in [0.05, 0.1) is 11.6 Å². The topological polar surface area (TPSA) is 66.8 Å². The third-order valence-corrected chi connectivity index (χ3v) is 2.16. The van der Waals surface area contributed by atoms with Gasteiger partial charge in [-0.1, -0.05) is 0 Å². The number of ether oxygens (including phenoxy) is 1. The standard InChI is InChI=1S/C8H7BrO4/c1-13-7-4(8(11)12)2-3-5(9)6(7)10/h2-3,10H,1H3,(H,11,12). The summed E-state index contributed by atoms with van der Waals surface area (Å²) in [6.45, 7) is 0. The molecule has 0 amide bonds. The Morgan fingerprint density at radius 2 is 2.15 bits per heavy atom. The maximum atomic E-state index is 10.6. The number of carbonyl (C=O) groups is 1. The molecule has 0 aliphatic carbocycles. The number of benzene rings is 1. The molecule has 2 N–H and O–H groups in total. The molecule has 4 nitrogen and oxygen atoms in total. The van der Waals surface area contributed by atoms with Crippen LogP contribution in [0.2, 0.25) is 0 Å². The highest BCUT2D eigenvalue weighted by Crippen LogP contribution is 2.36. The van der Waals surface area contributed by atoms with E-state index in [2.05, 4.69) is 15.9 Å². The van der Waals surface area contributed by atoms with Crippen LogP contribution in [-0.2, 0) is 0 Å². The Morgan fingerprint density at radius 1 is 1.54 bits per heavy atom. The van der Waals surface area contributed by atoms with Crippen LogP contribution in [-0.4, -0.2) is 23.3 Å². The highest BCUT2D eigenvalue weighted by atomic mass is 79.9. The van der Waals surface area contributed by atoms with Crippen LogP contribution < -0.4 is 4.74 Å². The summed E-state index contributed by atoms with van der Waals surface area (Å²) in [7, 11) is 1.30. The van der Waals surface area contributed by atoms with E-state index < -0.39 is 5.97 Å². The zero-order valence-corrected chi connectivity index (χ0v) is 8.33. The van der Waals surface area contributed by atoms with E-state index in [0.717, 1.165) is 0 Å². The van der Waals surface area contributed by atoms with Crippen molar-refractivity contribution in [3.8, 4) is 11.5 Å². The minimum absolute atomic E-state index is 0.0399. The van der Waals surface area contributed by atoms with Gasteiger partial charge in [-0.2, -0.15) is 0 Å². The number of phenolic OH excluding ortho intramolecular Hbond substituents is 1. The fraction of sp³-hybridized carbons (Fsp3) is 0.125. The molecule has 0 heterocycles. The number of rotatable bonds is 2. The maximum Gasteiger partial charge on any atom is 0.339 e. The summed E-state index contributed by atoms with van der Waals surface area (Å²) in [5.41, 5.74) is -0.0665. The van der Waals surface area contributed by atoms with Crippen molar-refractivity contribution in [3.05, 3.63) is 22.2 Å². The smallest absolute Gasteiger partial charge is 0.339 e. The van der Waals surface area contributed by atoms with Crippen LogP contribution in [0.25, 0.3) is 0 Å². The second kappa shape index (κ2) is 3.66. The lowest BCUT2D eigenvalue weighted by atomic mass is 10.2. The van der Waals surface area contributed by atoms with Gasteiger partial charge in [0.25, 0.3) is 0 Å². The first-order valence-electron chi connectivity index (χ1n) is 3.36. The number of methoxy groups -OCH3 is 1. The molecule has 0 saturated heterocycles. The summed E-state index contributed by atoms with van der Waals surface area (Å²) >= 11 is 3.05. The molecule has 0 bridgehead atoms. The molecular weight excluding hydrogens is 240 g/mol. The van der Waals surface area contributed by atoms with Gasteiger partial charge in [0, 0.05) is 0 Å². The fourth-order valence-corrected chi connectivity index (χ4v) is 1.23. The number of carboxylic acid groups (broad SMARTS) is 1. The summed E-state index contributed by atoms with van der Waals surface area (Å²) in [6.07, 6.45) is 0. The lowest BCUT2D eigenvalue weighted by Gasteiger charge is -2.07. The zero-order chi connectivity index (χ0) is 10.0. The predicted octanol–water partition coefficient (Wildman–Crippen LogP) is 1.86. The van der Waals surface area contributed by atoms with Gasteiger partial charge in [-0.05, 0) is 28.1 Å². The van der Waals surface area contributed by atoms with Gasteiger partial charge >= 0.3 is 5.97 Å². The first-order chi connectivity index (χ1) is 6.07. The number of aromatic hydroxyl groups is 1. The summed E-state index contributed by atoms with van der Waals surface area (Å²) in [6, 6.07) is 2.80. The molecule has 0 fully saturated rings. The number of hydrogen-bond donors (Lipinski definition) is 2. The number of phenols is 1. The average Bonchev–Trinajstić information content (AvgIpc) is 2.09. The zero-order valence-electron chi connectivity index (χ0n) is 6.74. The fourth-order valence-electron chi connectivity index (χ4n) is 0.922. The van der Waals surface area contributed by atoms with Gasteiger partial charge in [0.2, 0.25) is 0 Å². The molecule has 1 rings (SSSR count). The quantitative estimate of drug-likeness (QED) is 0.836. The molecule has 1 aromatic rings. The van der Waals surface area contributed by atoms with E-state index in [0.29, 0.717) is 4.47 Å². The molecule has 0 aliphatic rings. The molecule has 0 saturated carbocycles. The van der Waals surface area contributed by atoms with E-state index in [1.807, 2.05) is 0 Å². The second-order valence-corrected chi connectivity index (χ2v) is 3.14. The van der Waals surface area contributed by atoms with Crippen LogP contribution in [0.1, 0.15) is 10.4 Å². The van der Waals surface area contributed by atoms with E-state index in [1.165, 1.54) is 19.2 Å². The summed E-state index contributed by atoms with van der Waals surface area (Å²) < 4.78 is 5.15. The summed E-state index contributed by atoms with van der Waals surface area (Å²) in [5, 5.41) is 18.1. The lowest BCUT2D eigenvalue weighted by molar-refractivity contribution is 0.0692. The number of hydrogen-bond acceptors (Lipinski definition) is 3. The van der Waals surface area contributed by atoms with E-state index in [-0.39, 0.29) is 17.1 Å². The Hall–Kier alpha value is -1.23. The Labute approximate surface area is 82.9 Å². The normalized spacial score (nSPS) is 9.69. The Balaban J connectivity index is 3.38. The molecule has 0 unspecified atom stereocenters. The molecule has 0 spiro atoms. The molecular formula is C8H7BrO4. The molecule has 70 valence electrons.